The zero-order valence-corrected chi connectivity index (χ0v) is 16.6. The molecule has 0 spiro atoms. The van der Waals surface area contributed by atoms with Gasteiger partial charge in [0.25, 0.3) is 5.91 Å². The van der Waals surface area contributed by atoms with E-state index < -0.39 is 0 Å². The Kier molecular flexibility index (Phi) is 6.10. The van der Waals surface area contributed by atoms with Gasteiger partial charge in [0.05, 0.1) is 23.9 Å². The van der Waals surface area contributed by atoms with Crippen LogP contribution in [0.1, 0.15) is 21.6 Å². The molecular formula is C20H20N4O3S. The van der Waals surface area contributed by atoms with E-state index >= 15 is 0 Å². The van der Waals surface area contributed by atoms with Crippen molar-refractivity contribution in [1.29, 1.82) is 0 Å². The highest BCUT2D eigenvalue weighted by Gasteiger charge is 2.20. The molecule has 8 heteroatoms. The van der Waals surface area contributed by atoms with Crippen LogP contribution in [-0.2, 0) is 11.2 Å². The fourth-order valence-corrected chi connectivity index (χ4v) is 3.27. The first-order valence-corrected chi connectivity index (χ1v) is 9.81. The van der Waals surface area contributed by atoms with Crippen LogP contribution in [0.15, 0.2) is 52.1 Å². The van der Waals surface area contributed by atoms with E-state index in [4.69, 9.17) is 4.42 Å². The van der Waals surface area contributed by atoms with Gasteiger partial charge < -0.3 is 15.1 Å². The Hall–Kier alpha value is -3.13. The number of thioether (sulfide) groups is 1. The number of anilines is 1. The van der Waals surface area contributed by atoms with Crippen molar-refractivity contribution in [2.45, 2.75) is 18.4 Å². The standard InChI is InChI=1S/C20H20N4O3S/c1-12-17(20(28-3)24-18(22-12)15-5-4-10-27-15)19(26)23-14-8-6-13(7-9-14)11-16(25)21-2/h4-10H,11H2,1-3H3,(H,21,25)(H,23,26). The molecule has 2 amide bonds. The highest BCUT2D eigenvalue weighted by atomic mass is 32.2. The van der Waals surface area contributed by atoms with Crippen molar-refractivity contribution in [3.63, 3.8) is 0 Å². The summed E-state index contributed by atoms with van der Waals surface area (Å²) in [4.78, 5) is 33.2. The highest BCUT2D eigenvalue weighted by molar-refractivity contribution is 7.98. The van der Waals surface area contributed by atoms with Crippen LogP contribution in [-0.4, -0.2) is 35.1 Å². The zero-order valence-electron chi connectivity index (χ0n) is 15.8. The van der Waals surface area contributed by atoms with Gasteiger partial charge in [0, 0.05) is 12.7 Å². The Morgan fingerprint density at radius 3 is 2.50 bits per heavy atom. The van der Waals surface area contributed by atoms with Crippen LogP contribution in [0.4, 0.5) is 5.69 Å². The number of furan rings is 1. The van der Waals surface area contributed by atoms with Crippen molar-refractivity contribution in [3.8, 4) is 11.6 Å². The molecule has 2 aromatic heterocycles. The molecule has 1 aromatic carbocycles. The largest absolute Gasteiger partial charge is 0.461 e. The average molecular weight is 396 g/mol. The third kappa shape index (κ3) is 4.40. The minimum absolute atomic E-state index is 0.0641. The molecule has 0 aliphatic heterocycles. The first kappa shape index (κ1) is 19.6. The number of aromatic nitrogens is 2. The van der Waals surface area contributed by atoms with Crippen molar-refractivity contribution in [2.75, 3.05) is 18.6 Å². The molecule has 0 saturated heterocycles. The number of carbonyl (C=O) groups is 2. The van der Waals surface area contributed by atoms with Crippen molar-refractivity contribution < 1.29 is 14.0 Å². The van der Waals surface area contributed by atoms with Crippen molar-refractivity contribution >= 4 is 29.3 Å². The van der Waals surface area contributed by atoms with Gasteiger partial charge in [-0.3, -0.25) is 9.59 Å². The van der Waals surface area contributed by atoms with E-state index in [2.05, 4.69) is 20.6 Å². The molecule has 0 aliphatic rings. The third-order valence-electron chi connectivity index (χ3n) is 4.07. The number of carbonyl (C=O) groups excluding carboxylic acids is 2. The van der Waals surface area contributed by atoms with E-state index in [9.17, 15) is 9.59 Å². The summed E-state index contributed by atoms with van der Waals surface area (Å²) in [5.74, 6) is 0.650. The summed E-state index contributed by atoms with van der Waals surface area (Å²) < 4.78 is 5.35. The molecule has 28 heavy (non-hydrogen) atoms. The lowest BCUT2D eigenvalue weighted by atomic mass is 10.1. The second kappa shape index (κ2) is 8.71. The number of amides is 2. The second-order valence-corrected chi connectivity index (χ2v) is 6.79. The second-order valence-electron chi connectivity index (χ2n) is 6.00. The van der Waals surface area contributed by atoms with Gasteiger partial charge in [0.1, 0.15) is 5.03 Å². The Labute approximate surface area is 167 Å². The van der Waals surface area contributed by atoms with Crippen LogP contribution in [0.2, 0.25) is 0 Å². The fraction of sp³-hybridized carbons (Fsp3) is 0.200. The number of nitrogens with zero attached hydrogens (tertiary/aromatic N) is 2. The molecule has 0 aliphatic carbocycles. The summed E-state index contributed by atoms with van der Waals surface area (Å²) in [6.45, 7) is 1.77. The molecule has 7 nitrogen and oxygen atoms in total. The molecule has 2 heterocycles. The van der Waals surface area contributed by atoms with E-state index in [0.717, 1.165) is 5.56 Å². The molecule has 0 atom stereocenters. The predicted molar refractivity (Wildman–Crippen MR) is 108 cm³/mol. The molecule has 0 radical (unpaired) electrons. The van der Waals surface area contributed by atoms with E-state index in [1.165, 1.54) is 11.8 Å². The average Bonchev–Trinajstić information content (AvgIpc) is 3.23. The maximum Gasteiger partial charge on any atom is 0.260 e. The maximum atomic E-state index is 12.8. The molecule has 0 bridgehead atoms. The minimum atomic E-state index is -0.285. The summed E-state index contributed by atoms with van der Waals surface area (Å²) in [6.07, 6.45) is 3.71. The van der Waals surface area contributed by atoms with Gasteiger partial charge >= 0.3 is 0 Å². The Morgan fingerprint density at radius 1 is 1.14 bits per heavy atom. The van der Waals surface area contributed by atoms with Gasteiger partial charge in [0.15, 0.2) is 11.6 Å². The van der Waals surface area contributed by atoms with Gasteiger partial charge in [0.2, 0.25) is 5.91 Å². The lowest BCUT2D eigenvalue weighted by Crippen LogP contribution is -2.20. The Balaban J connectivity index is 1.81. The number of benzene rings is 1. The summed E-state index contributed by atoms with van der Waals surface area (Å²) in [5.41, 5.74) is 2.49. The van der Waals surface area contributed by atoms with Crippen molar-refractivity contribution in [3.05, 3.63) is 59.5 Å². The first-order valence-electron chi connectivity index (χ1n) is 8.59. The van der Waals surface area contributed by atoms with Gasteiger partial charge in [-0.15, -0.1) is 11.8 Å². The SMILES string of the molecule is CNC(=O)Cc1ccc(NC(=O)c2c(C)nc(-c3ccco3)nc2SC)cc1. The number of aryl methyl sites for hydroxylation is 1. The highest BCUT2D eigenvalue weighted by Crippen LogP contribution is 2.26. The number of nitrogens with one attached hydrogen (secondary N) is 2. The Morgan fingerprint density at radius 2 is 1.89 bits per heavy atom. The number of hydrogen-bond acceptors (Lipinski definition) is 6. The maximum absolute atomic E-state index is 12.8. The molecule has 0 fully saturated rings. The molecule has 0 saturated carbocycles. The van der Waals surface area contributed by atoms with Crippen LogP contribution in [0, 0.1) is 6.92 Å². The number of hydrogen-bond donors (Lipinski definition) is 2. The Bertz CT molecular complexity index is 985. The molecule has 144 valence electrons. The topological polar surface area (TPSA) is 97.1 Å². The lowest BCUT2D eigenvalue weighted by Gasteiger charge is -2.12. The molecule has 0 unspecified atom stereocenters. The first-order chi connectivity index (χ1) is 13.5. The smallest absolute Gasteiger partial charge is 0.260 e. The van der Waals surface area contributed by atoms with Crippen molar-refractivity contribution in [2.24, 2.45) is 0 Å². The van der Waals surface area contributed by atoms with E-state index in [-0.39, 0.29) is 11.8 Å². The van der Waals surface area contributed by atoms with E-state index in [0.29, 0.717) is 40.0 Å². The number of rotatable bonds is 6. The van der Waals surface area contributed by atoms with Crippen LogP contribution in [0.25, 0.3) is 11.6 Å². The van der Waals surface area contributed by atoms with Gasteiger partial charge in [-0.25, -0.2) is 9.97 Å². The van der Waals surface area contributed by atoms with Gasteiger partial charge in [-0.1, -0.05) is 12.1 Å². The van der Waals surface area contributed by atoms with Crippen LogP contribution in [0.5, 0.6) is 0 Å². The lowest BCUT2D eigenvalue weighted by molar-refractivity contribution is -0.119. The van der Waals surface area contributed by atoms with Crippen LogP contribution >= 0.6 is 11.8 Å². The summed E-state index contributed by atoms with van der Waals surface area (Å²) in [6, 6.07) is 10.7. The molecular weight excluding hydrogens is 376 g/mol. The van der Waals surface area contributed by atoms with Crippen molar-refractivity contribution in [1.82, 2.24) is 15.3 Å². The van der Waals surface area contributed by atoms with E-state index in [1.807, 2.05) is 18.4 Å². The quantitative estimate of drug-likeness (QED) is 0.490. The third-order valence-corrected chi connectivity index (χ3v) is 4.76. The number of likely N-dealkylation sites (N-methyl/N-ethyl adjacent to an activating group) is 1. The fourth-order valence-electron chi connectivity index (χ4n) is 2.65. The predicted octanol–water partition coefficient (Wildman–Crippen LogP) is 3.31. The van der Waals surface area contributed by atoms with Gasteiger partial charge in [-0.2, -0.15) is 0 Å². The molecule has 2 N–H and O–H groups in total. The monoisotopic (exact) mass is 396 g/mol. The van der Waals surface area contributed by atoms with Crippen LogP contribution in [0.3, 0.4) is 0 Å². The van der Waals surface area contributed by atoms with Gasteiger partial charge in [-0.05, 0) is 43.0 Å². The van der Waals surface area contributed by atoms with Crippen LogP contribution < -0.4 is 10.6 Å². The zero-order chi connectivity index (χ0) is 20.1. The molecule has 3 aromatic rings. The minimum Gasteiger partial charge on any atom is -0.461 e. The normalized spacial score (nSPS) is 10.5. The molecule has 3 rings (SSSR count). The van der Waals surface area contributed by atoms with E-state index in [1.54, 1.807) is 44.5 Å². The summed E-state index contributed by atoms with van der Waals surface area (Å²) >= 11 is 1.37. The summed E-state index contributed by atoms with van der Waals surface area (Å²) in [7, 11) is 1.60. The summed E-state index contributed by atoms with van der Waals surface area (Å²) in [5, 5.41) is 6.03.